The van der Waals surface area contributed by atoms with E-state index in [2.05, 4.69) is 18.5 Å². The first kappa shape index (κ1) is 33.9. The Balaban J connectivity index is 0.000000257. The Kier molecular flexibility index (Phi) is 12.1. The molecule has 1 N–H and O–H groups in total. The summed E-state index contributed by atoms with van der Waals surface area (Å²) in [5.74, 6) is -0.964. The van der Waals surface area contributed by atoms with Gasteiger partial charge in [-0.2, -0.15) is 0 Å². The minimum Gasteiger partial charge on any atom is -0.329 e. The van der Waals surface area contributed by atoms with Crippen LogP contribution in [0.25, 0.3) is 0 Å². The van der Waals surface area contributed by atoms with Gasteiger partial charge in [-0.15, -0.1) is 0 Å². The Bertz CT molecular complexity index is 1340. The lowest BCUT2D eigenvalue weighted by molar-refractivity contribution is -0.126. The van der Waals surface area contributed by atoms with Gasteiger partial charge in [0.05, 0.1) is 17.2 Å². The first-order chi connectivity index (χ1) is 19.8. The van der Waals surface area contributed by atoms with Crippen molar-refractivity contribution in [2.24, 2.45) is 0 Å². The van der Waals surface area contributed by atoms with E-state index in [1.54, 1.807) is 29.2 Å². The number of carbonyl (C=O) groups is 5. The summed E-state index contributed by atoms with van der Waals surface area (Å²) in [6.07, 6.45) is 2.83. The van der Waals surface area contributed by atoms with Gasteiger partial charge in [-0.25, -0.2) is 0 Å². The SMILES string of the molecule is C.C=C1CCC(N2C(=O)c3ccccc3C2=O)C(=O)C1.C=C1CCC(N2Cc3ccccc3C2=O)C(=O)N1.CC.CC. The van der Waals surface area contributed by atoms with Gasteiger partial charge in [0.1, 0.15) is 6.04 Å². The number of piperidine rings is 1. The number of allylic oxidation sites excluding steroid dienone is 2. The number of amides is 4. The van der Waals surface area contributed by atoms with Crippen LogP contribution in [0.5, 0.6) is 0 Å². The molecule has 6 rings (SSSR count). The molecule has 224 valence electrons. The minimum atomic E-state index is -0.627. The molecule has 1 aliphatic carbocycles. The third kappa shape index (κ3) is 6.75. The summed E-state index contributed by atoms with van der Waals surface area (Å²) in [7, 11) is 0. The predicted molar refractivity (Wildman–Crippen MR) is 165 cm³/mol. The van der Waals surface area contributed by atoms with E-state index in [4.69, 9.17) is 0 Å². The van der Waals surface area contributed by atoms with Crippen molar-refractivity contribution in [2.75, 3.05) is 0 Å². The number of fused-ring (bicyclic) bond motifs is 2. The van der Waals surface area contributed by atoms with Crippen LogP contribution in [-0.4, -0.2) is 51.3 Å². The maximum atomic E-state index is 12.3. The molecule has 0 radical (unpaired) electrons. The maximum Gasteiger partial charge on any atom is 0.262 e. The Labute approximate surface area is 249 Å². The summed E-state index contributed by atoms with van der Waals surface area (Å²) in [5.41, 5.74) is 4.11. The zero-order valence-electron chi connectivity index (χ0n) is 24.4. The highest BCUT2D eigenvalue weighted by atomic mass is 16.2. The number of nitrogens with zero attached hydrogens (tertiary/aromatic N) is 2. The summed E-state index contributed by atoms with van der Waals surface area (Å²) in [5, 5.41) is 2.73. The van der Waals surface area contributed by atoms with Gasteiger partial charge in [-0.3, -0.25) is 28.9 Å². The molecule has 1 saturated carbocycles. The average molecular weight is 574 g/mol. The highest BCUT2D eigenvalue weighted by molar-refractivity contribution is 6.23. The molecule has 4 amide bonds. The number of ketones is 1. The quantitative estimate of drug-likeness (QED) is 0.346. The van der Waals surface area contributed by atoms with Gasteiger partial charge in [-0.1, -0.05) is 84.2 Å². The lowest BCUT2D eigenvalue weighted by atomic mass is 9.89. The van der Waals surface area contributed by atoms with Gasteiger partial charge < -0.3 is 10.2 Å². The molecule has 8 heteroatoms. The van der Waals surface area contributed by atoms with Crippen LogP contribution in [0.1, 0.15) is 104 Å². The Hall–Kier alpha value is -4.33. The smallest absolute Gasteiger partial charge is 0.262 e. The van der Waals surface area contributed by atoms with Crippen molar-refractivity contribution in [3.8, 4) is 0 Å². The molecule has 1 saturated heterocycles. The second-order valence-corrected chi connectivity index (χ2v) is 9.71. The third-order valence-corrected chi connectivity index (χ3v) is 7.25. The Morgan fingerprint density at radius 1 is 0.714 bits per heavy atom. The molecule has 2 aromatic carbocycles. The zero-order chi connectivity index (χ0) is 30.3. The summed E-state index contributed by atoms with van der Waals surface area (Å²) < 4.78 is 0. The van der Waals surface area contributed by atoms with E-state index in [1.807, 2.05) is 52.0 Å². The fourth-order valence-electron chi connectivity index (χ4n) is 5.31. The molecule has 2 fully saturated rings. The standard InChI is InChI=1S/C15H13NO3.C14H14N2O2.2C2H6.CH4/c1-9-6-7-12(13(17)8-9)16-14(18)10-4-2-3-5-11(10)15(16)19;1-9-6-7-12(13(17)15-9)16-8-10-4-2-3-5-11(10)14(16)18;2*1-2;/h2-5,12H,1,6-8H2;2-5,12H,1,6-8H2,(H,15,17);2*1-2H3;1H4. The van der Waals surface area contributed by atoms with Crippen LogP contribution in [0.2, 0.25) is 0 Å². The van der Waals surface area contributed by atoms with E-state index in [1.165, 1.54) is 0 Å². The third-order valence-electron chi connectivity index (χ3n) is 7.25. The number of hydrogen-bond acceptors (Lipinski definition) is 5. The largest absolute Gasteiger partial charge is 0.329 e. The van der Waals surface area contributed by atoms with E-state index in [0.717, 1.165) is 33.7 Å². The van der Waals surface area contributed by atoms with E-state index >= 15 is 0 Å². The van der Waals surface area contributed by atoms with E-state index in [9.17, 15) is 24.0 Å². The fourth-order valence-corrected chi connectivity index (χ4v) is 5.31. The van der Waals surface area contributed by atoms with Crippen molar-refractivity contribution in [3.05, 3.63) is 95.2 Å². The Morgan fingerprint density at radius 3 is 1.76 bits per heavy atom. The van der Waals surface area contributed by atoms with Gasteiger partial charge in [0.25, 0.3) is 17.7 Å². The molecule has 0 spiro atoms. The number of Topliss-reactive ketones (excluding diaryl/α,β-unsaturated/α-hetero) is 1. The van der Waals surface area contributed by atoms with E-state index < -0.39 is 6.04 Å². The van der Waals surface area contributed by atoms with Crippen LogP contribution >= 0.6 is 0 Å². The van der Waals surface area contributed by atoms with Gasteiger partial charge in [0, 0.05) is 24.2 Å². The molecule has 0 bridgehead atoms. The minimum absolute atomic E-state index is 0. The number of imide groups is 1. The normalized spacial score (nSPS) is 20.5. The van der Waals surface area contributed by atoms with Gasteiger partial charge in [0.2, 0.25) is 5.91 Å². The molecule has 2 atom stereocenters. The maximum absolute atomic E-state index is 12.3. The van der Waals surface area contributed by atoms with Crippen LogP contribution < -0.4 is 5.32 Å². The first-order valence-corrected chi connectivity index (χ1v) is 14.3. The summed E-state index contributed by atoms with van der Waals surface area (Å²) in [4.78, 5) is 63.5. The number of benzene rings is 2. The molecule has 3 heterocycles. The number of nitrogens with one attached hydrogen (secondary N) is 1. The number of rotatable bonds is 2. The molecule has 4 aliphatic rings. The molecule has 42 heavy (non-hydrogen) atoms. The van der Waals surface area contributed by atoms with Crippen molar-refractivity contribution in [1.29, 1.82) is 0 Å². The van der Waals surface area contributed by atoms with Gasteiger partial charge in [-0.05, 0) is 49.4 Å². The molecule has 3 aliphatic heterocycles. The lowest BCUT2D eigenvalue weighted by Crippen LogP contribution is -2.49. The van der Waals surface area contributed by atoms with Crippen molar-refractivity contribution in [2.45, 2.75) is 85.9 Å². The molecular weight excluding hydrogens is 530 g/mol. The molecule has 0 aromatic heterocycles. The molecule has 2 aromatic rings. The zero-order valence-corrected chi connectivity index (χ0v) is 24.4. The van der Waals surface area contributed by atoms with E-state index in [-0.39, 0.29) is 49.3 Å². The van der Waals surface area contributed by atoms with Crippen LogP contribution in [0.4, 0.5) is 0 Å². The summed E-state index contributed by atoms with van der Waals surface area (Å²) >= 11 is 0. The second kappa shape index (κ2) is 15.1. The summed E-state index contributed by atoms with van der Waals surface area (Å²) in [6, 6.07) is 13.2. The average Bonchev–Trinajstić information content (AvgIpc) is 3.45. The van der Waals surface area contributed by atoms with Crippen molar-refractivity contribution in [1.82, 2.24) is 15.1 Å². The lowest BCUT2D eigenvalue weighted by Gasteiger charge is -2.30. The van der Waals surface area contributed by atoms with Crippen LogP contribution in [0, 0.1) is 0 Å². The van der Waals surface area contributed by atoms with Crippen molar-refractivity contribution >= 4 is 29.4 Å². The van der Waals surface area contributed by atoms with Crippen LogP contribution in [-0.2, 0) is 16.1 Å². The van der Waals surface area contributed by atoms with Crippen LogP contribution in [0.15, 0.2) is 73.0 Å². The fraction of sp³-hybridized carbons (Fsp3) is 0.382. The van der Waals surface area contributed by atoms with Gasteiger partial charge >= 0.3 is 0 Å². The monoisotopic (exact) mass is 573 g/mol. The van der Waals surface area contributed by atoms with Crippen LogP contribution in [0.3, 0.4) is 0 Å². The van der Waals surface area contributed by atoms with Gasteiger partial charge in [0.15, 0.2) is 5.78 Å². The first-order valence-electron chi connectivity index (χ1n) is 14.3. The van der Waals surface area contributed by atoms with E-state index in [0.29, 0.717) is 36.9 Å². The topological polar surface area (TPSA) is 104 Å². The Morgan fingerprint density at radius 2 is 1.24 bits per heavy atom. The highest BCUT2D eigenvalue weighted by Crippen LogP contribution is 2.31. The molecule has 8 nitrogen and oxygen atoms in total. The van der Waals surface area contributed by atoms with Crippen molar-refractivity contribution in [3.63, 3.8) is 0 Å². The predicted octanol–water partition coefficient (Wildman–Crippen LogP) is 6.08. The van der Waals surface area contributed by atoms with Crippen molar-refractivity contribution < 1.29 is 24.0 Å². The highest BCUT2D eigenvalue weighted by Gasteiger charge is 2.43. The number of carbonyl (C=O) groups excluding carboxylic acids is 5. The second-order valence-electron chi connectivity index (χ2n) is 9.71. The molecular formula is C34H43N3O5. The summed E-state index contributed by atoms with van der Waals surface area (Å²) in [6.45, 7) is 16.1. The number of hydrogen-bond donors (Lipinski definition) is 1. The molecule has 2 unspecified atom stereocenters.